The Morgan fingerprint density at radius 1 is 1.32 bits per heavy atom. The maximum Gasteiger partial charge on any atom is 0.123 e. The van der Waals surface area contributed by atoms with Crippen molar-refractivity contribution in [2.75, 3.05) is 7.11 Å². The molecule has 1 rings (SSSR count). The fourth-order valence-corrected chi connectivity index (χ4v) is 2.27. The first-order chi connectivity index (χ1) is 8.87. The molecule has 0 bridgehead atoms. The van der Waals surface area contributed by atoms with Crippen molar-refractivity contribution in [2.45, 2.75) is 53.0 Å². The molecular formula is C16H28N2O. The van der Waals surface area contributed by atoms with Gasteiger partial charge in [-0.3, -0.25) is 11.3 Å². The van der Waals surface area contributed by atoms with E-state index in [0.717, 1.165) is 24.2 Å². The predicted molar refractivity (Wildman–Crippen MR) is 81.1 cm³/mol. The molecule has 3 nitrogen and oxygen atoms in total. The zero-order chi connectivity index (χ0) is 14.5. The normalized spacial score (nSPS) is 13.4. The predicted octanol–water partition coefficient (Wildman–Crippen LogP) is 3.72. The molecule has 19 heavy (non-hydrogen) atoms. The summed E-state index contributed by atoms with van der Waals surface area (Å²) in [5, 5.41) is 0. The zero-order valence-corrected chi connectivity index (χ0v) is 12.9. The van der Waals surface area contributed by atoms with E-state index < -0.39 is 0 Å². The Balaban J connectivity index is 2.74. The summed E-state index contributed by atoms with van der Waals surface area (Å²) in [6, 6.07) is 6.42. The van der Waals surface area contributed by atoms with Crippen LogP contribution in [0.25, 0.3) is 0 Å². The van der Waals surface area contributed by atoms with Crippen LogP contribution in [0.4, 0.5) is 0 Å². The first-order valence-electron chi connectivity index (χ1n) is 6.98. The number of aryl methyl sites for hydroxylation is 1. The second-order valence-electron chi connectivity index (χ2n) is 6.42. The highest BCUT2D eigenvalue weighted by Gasteiger charge is 2.16. The molecule has 0 spiro atoms. The summed E-state index contributed by atoms with van der Waals surface area (Å²) >= 11 is 0. The number of ether oxygens (including phenoxy) is 1. The van der Waals surface area contributed by atoms with Gasteiger partial charge in [0.15, 0.2) is 0 Å². The van der Waals surface area contributed by atoms with Gasteiger partial charge in [-0.25, -0.2) is 0 Å². The smallest absolute Gasteiger partial charge is 0.123 e. The molecule has 3 heteroatoms. The number of hydrazine groups is 1. The quantitative estimate of drug-likeness (QED) is 0.608. The van der Waals surface area contributed by atoms with E-state index in [2.05, 4.69) is 51.3 Å². The van der Waals surface area contributed by atoms with Gasteiger partial charge in [0, 0.05) is 11.6 Å². The molecular weight excluding hydrogens is 236 g/mol. The largest absolute Gasteiger partial charge is 0.496 e. The van der Waals surface area contributed by atoms with Crippen LogP contribution in [0, 0.1) is 12.3 Å². The van der Waals surface area contributed by atoms with Crippen LogP contribution in [0.15, 0.2) is 18.2 Å². The van der Waals surface area contributed by atoms with E-state index in [1.54, 1.807) is 7.11 Å². The van der Waals surface area contributed by atoms with Crippen LogP contribution in [0.2, 0.25) is 0 Å². The standard InChI is InChI=1S/C16H28N2O/c1-12-8-9-13(15(11-12)19-5)14(18-17)7-6-10-16(2,3)4/h8-9,11,14,18H,6-7,10,17H2,1-5H3. The van der Waals surface area contributed by atoms with Gasteiger partial charge in [0.2, 0.25) is 0 Å². The molecule has 0 aliphatic heterocycles. The molecule has 1 unspecified atom stereocenters. The highest BCUT2D eigenvalue weighted by atomic mass is 16.5. The third-order valence-electron chi connectivity index (χ3n) is 3.39. The minimum atomic E-state index is 0.151. The van der Waals surface area contributed by atoms with Crippen LogP contribution >= 0.6 is 0 Å². The van der Waals surface area contributed by atoms with Gasteiger partial charge in [0.05, 0.1) is 7.11 Å². The SMILES string of the molecule is COc1cc(C)ccc1C(CCCC(C)(C)C)NN. The third kappa shape index (κ3) is 5.21. The van der Waals surface area contributed by atoms with Crippen molar-refractivity contribution in [1.82, 2.24) is 5.43 Å². The van der Waals surface area contributed by atoms with Crippen molar-refractivity contribution < 1.29 is 4.74 Å². The lowest BCUT2D eigenvalue weighted by Crippen LogP contribution is -2.28. The van der Waals surface area contributed by atoms with Crippen molar-refractivity contribution in [1.29, 1.82) is 0 Å². The van der Waals surface area contributed by atoms with Crippen LogP contribution in [0.3, 0.4) is 0 Å². The third-order valence-corrected chi connectivity index (χ3v) is 3.39. The summed E-state index contributed by atoms with van der Waals surface area (Å²) in [7, 11) is 1.71. The molecule has 0 heterocycles. The highest BCUT2D eigenvalue weighted by molar-refractivity contribution is 5.39. The van der Waals surface area contributed by atoms with Crippen molar-refractivity contribution in [3.63, 3.8) is 0 Å². The van der Waals surface area contributed by atoms with E-state index in [4.69, 9.17) is 10.6 Å². The van der Waals surface area contributed by atoms with E-state index in [0.29, 0.717) is 5.41 Å². The Labute approximate surface area is 117 Å². The van der Waals surface area contributed by atoms with Crippen molar-refractivity contribution >= 4 is 0 Å². The lowest BCUT2D eigenvalue weighted by Gasteiger charge is -2.22. The number of hydrogen-bond acceptors (Lipinski definition) is 3. The molecule has 0 aliphatic rings. The van der Waals surface area contributed by atoms with E-state index in [1.807, 2.05) is 0 Å². The Bertz CT molecular complexity index is 396. The second kappa shape index (κ2) is 6.92. The van der Waals surface area contributed by atoms with Gasteiger partial charge in [0.1, 0.15) is 5.75 Å². The Hall–Kier alpha value is -1.06. The van der Waals surface area contributed by atoms with E-state index >= 15 is 0 Å². The maximum absolute atomic E-state index is 5.71. The summed E-state index contributed by atoms with van der Waals surface area (Å²) in [6.45, 7) is 8.87. The fourth-order valence-electron chi connectivity index (χ4n) is 2.27. The summed E-state index contributed by atoms with van der Waals surface area (Å²) in [5.74, 6) is 6.63. The monoisotopic (exact) mass is 264 g/mol. The molecule has 1 aromatic rings. The van der Waals surface area contributed by atoms with Crippen LogP contribution in [0.5, 0.6) is 5.75 Å². The van der Waals surface area contributed by atoms with E-state index in [-0.39, 0.29) is 6.04 Å². The summed E-state index contributed by atoms with van der Waals surface area (Å²) in [4.78, 5) is 0. The summed E-state index contributed by atoms with van der Waals surface area (Å²) in [5.41, 5.74) is 5.63. The molecule has 0 aliphatic carbocycles. The first kappa shape index (κ1) is 16.0. The average Bonchev–Trinajstić information content (AvgIpc) is 2.34. The summed E-state index contributed by atoms with van der Waals surface area (Å²) in [6.07, 6.45) is 3.36. The van der Waals surface area contributed by atoms with Crippen LogP contribution in [-0.4, -0.2) is 7.11 Å². The molecule has 1 aromatic carbocycles. The van der Waals surface area contributed by atoms with Crippen LogP contribution in [-0.2, 0) is 0 Å². The van der Waals surface area contributed by atoms with E-state index in [9.17, 15) is 0 Å². The Morgan fingerprint density at radius 3 is 2.53 bits per heavy atom. The maximum atomic E-state index is 5.71. The number of hydrogen-bond donors (Lipinski definition) is 2. The molecule has 0 saturated heterocycles. The van der Waals surface area contributed by atoms with Crippen LogP contribution < -0.4 is 16.0 Å². The number of methoxy groups -OCH3 is 1. The van der Waals surface area contributed by atoms with Crippen LogP contribution in [0.1, 0.15) is 57.2 Å². The first-order valence-corrected chi connectivity index (χ1v) is 6.98. The van der Waals surface area contributed by atoms with Gasteiger partial charge in [0.25, 0.3) is 0 Å². The summed E-state index contributed by atoms with van der Waals surface area (Å²) < 4.78 is 5.46. The number of nitrogens with one attached hydrogen (secondary N) is 1. The van der Waals surface area contributed by atoms with Gasteiger partial charge in [-0.1, -0.05) is 39.3 Å². The van der Waals surface area contributed by atoms with Gasteiger partial charge in [-0.15, -0.1) is 0 Å². The zero-order valence-electron chi connectivity index (χ0n) is 12.9. The van der Waals surface area contributed by atoms with Gasteiger partial charge >= 0.3 is 0 Å². The lowest BCUT2D eigenvalue weighted by atomic mass is 9.88. The van der Waals surface area contributed by atoms with Crippen molar-refractivity contribution in [3.05, 3.63) is 29.3 Å². The Morgan fingerprint density at radius 2 is 2.00 bits per heavy atom. The fraction of sp³-hybridized carbons (Fsp3) is 0.625. The lowest BCUT2D eigenvalue weighted by molar-refractivity contribution is 0.340. The topological polar surface area (TPSA) is 47.3 Å². The molecule has 0 amide bonds. The average molecular weight is 264 g/mol. The van der Waals surface area contributed by atoms with Crippen molar-refractivity contribution in [2.24, 2.45) is 11.3 Å². The number of nitrogens with two attached hydrogens (primary N) is 1. The molecule has 0 fully saturated rings. The van der Waals surface area contributed by atoms with E-state index in [1.165, 1.54) is 12.0 Å². The molecule has 1 atom stereocenters. The van der Waals surface area contributed by atoms with Gasteiger partial charge in [-0.2, -0.15) is 0 Å². The molecule has 0 radical (unpaired) electrons. The van der Waals surface area contributed by atoms with Gasteiger partial charge < -0.3 is 4.74 Å². The number of benzene rings is 1. The number of rotatable bonds is 6. The molecule has 0 saturated carbocycles. The minimum Gasteiger partial charge on any atom is -0.496 e. The second-order valence-corrected chi connectivity index (χ2v) is 6.42. The molecule has 3 N–H and O–H groups in total. The van der Waals surface area contributed by atoms with Gasteiger partial charge in [-0.05, 0) is 36.8 Å². The van der Waals surface area contributed by atoms with Crippen molar-refractivity contribution in [3.8, 4) is 5.75 Å². The molecule has 108 valence electrons. The highest BCUT2D eigenvalue weighted by Crippen LogP contribution is 2.31. The molecule has 0 aromatic heterocycles. The Kier molecular flexibility index (Phi) is 5.83. The minimum absolute atomic E-state index is 0.151.